The van der Waals surface area contributed by atoms with Gasteiger partial charge in [-0.1, -0.05) is 0 Å². The molecular formula is C12H15FO4. The minimum atomic E-state index is -1.64. The second kappa shape index (κ2) is 5.63. The van der Waals surface area contributed by atoms with Crippen LogP contribution in [0.15, 0.2) is 12.1 Å². The van der Waals surface area contributed by atoms with Crippen LogP contribution in [0, 0.1) is 12.7 Å². The Morgan fingerprint density at radius 3 is 2.71 bits per heavy atom. The second-order valence-electron chi connectivity index (χ2n) is 3.52. The highest BCUT2D eigenvalue weighted by atomic mass is 19.1. The predicted molar refractivity (Wildman–Crippen MR) is 59.3 cm³/mol. The molecule has 0 aliphatic rings. The standard InChI is InChI=1S/C12H15FO4/c1-4-17-12(15)11(14)8-5-7(2)6-9(16-3)10(8)13/h5-6,11,14H,4H2,1-3H3. The van der Waals surface area contributed by atoms with Gasteiger partial charge in [-0.2, -0.15) is 0 Å². The highest BCUT2D eigenvalue weighted by Crippen LogP contribution is 2.27. The van der Waals surface area contributed by atoms with Crippen molar-refractivity contribution < 1.29 is 23.8 Å². The number of carbonyl (C=O) groups excluding carboxylic acids is 1. The van der Waals surface area contributed by atoms with E-state index < -0.39 is 17.9 Å². The van der Waals surface area contributed by atoms with Crippen molar-refractivity contribution in [3.05, 3.63) is 29.1 Å². The van der Waals surface area contributed by atoms with Crippen molar-refractivity contribution in [1.82, 2.24) is 0 Å². The Hall–Kier alpha value is -1.62. The van der Waals surface area contributed by atoms with Crippen LogP contribution in [0.1, 0.15) is 24.2 Å². The lowest BCUT2D eigenvalue weighted by Gasteiger charge is -2.13. The fourth-order valence-electron chi connectivity index (χ4n) is 1.46. The maximum absolute atomic E-state index is 13.8. The summed E-state index contributed by atoms with van der Waals surface area (Å²) >= 11 is 0. The molecule has 1 atom stereocenters. The molecule has 1 N–H and O–H groups in total. The van der Waals surface area contributed by atoms with Crippen molar-refractivity contribution in [1.29, 1.82) is 0 Å². The maximum atomic E-state index is 13.8. The number of rotatable bonds is 4. The molecule has 0 spiro atoms. The van der Waals surface area contributed by atoms with Gasteiger partial charge in [0.2, 0.25) is 0 Å². The molecular weight excluding hydrogens is 227 g/mol. The van der Waals surface area contributed by atoms with Gasteiger partial charge in [0, 0.05) is 5.56 Å². The van der Waals surface area contributed by atoms with Crippen LogP contribution in [0.5, 0.6) is 5.75 Å². The fraction of sp³-hybridized carbons (Fsp3) is 0.417. The van der Waals surface area contributed by atoms with Crippen molar-refractivity contribution in [3.63, 3.8) is 0 Å². The van der Waals surface area contributed by atoms with Crippen molar-refractivity contribution in [2.24, 2.45) is 0 Å². The van der Waals surface area contributed by atoms with Gasteiger partial charge in [0.05, 0.1) is 13.7 Å². The molecule has 4 nitrogen and oxygen atoms in total. The number of hydrogen-bond donors (Lipinski definition) is 1. The third-order valence-corrected chi connectivity index (χ3v) is 2.24. The predicted octanol–water partition coefficient (Wildman–Crippen LogP) is 1.74. The number of aliphatic hydroxyl groups excluding tert-OH is 1. The van der Waals surface area contributed by atoms with Crippen molar-refractivity contribution in [3.8, 4) is 5.75 Å². The van der Waals surface area contributed by atoms with Crippen LogP contribution in [0.3, 0.4) is 0 Å². The van der Waals surface area contributed by atoms with E-state index in [4.69, 9.17) is 4.74 Å². The largest absolute Gasteiger partial charge is 0.494 e. The lowest BCUT2D eigenvalue weighted by molar-refractivity contribution is -0.153. The van der Waals surface area contributed by atoms with E-state index in [2.05, 4.69) is 4.74 Å². The van der Waals surface area contributed by atoms with Gasteiger partial charge in [-0.15, -0.1) is 0 Å². The molecule has 0 saturated carbocycles. The zero-order valence-corrected chi connectivity index (χ0v) is 9.99. The Kier molecular flexibility index (Phi) is 4.45. The van der Waals surface area contributed by atoms with Crippen LogP contribution in [0.2, 0.25) is 0 Å². The average Bonchev–Trinajstić information content (AvgIpc) is 2.31. The molecule has 0 amide bonds. The molecule has 94 valence electrons. The summed E-state index contributed by atoms with van der Waals surface area (Å²) in [5, 5.41) is 9.68. The van der Waals surface area contributed by atoms with Crippen molar-refractivity contribution >= 4 is 5.97 Å². The molecule has 17 heavy (non-hydrogen) atoms. The first-order chi connectivity index (χ1) is 8.01. The van der Waals surface area contributed by atoms with Crippen LogP contribution in [0.25, 0.3) is 0 Å². The molecule has 0 radical (unpaired) electrons. The third-order valence-electron chi connectivity index (χ3n) is 2.24. The van der Waals surface area contributed by atoms with Gasteiger partial charge >= 0.3 is 5.97 Å². The molecule has 0 fully saturated rings. The number of aliphatic hydroxyl groups is 1. The quantitative estimate of drug-likeness (QED) is 0.817. The maximum Gasteiger partial charge on any atom is 0.339 e. The van der Waals surface area contributed by atoms with Gasteiger partial charge in [-0.3, -0.25) is 0 Å². The summed E-state index contributed by atoms with van der Waals surface area (Å²) in [6.45, 7) is 3.45. The topological polar surface area (TPSA) is 55.8 Å². The SMILES string of the molecule is CCOC(=O)C(O)c1cc(C)cc(OC)c1F. The van der Waals surface area contributed by atoms with Crippen molar-refractivity contribution in [2.45, 2.75) is 20.0 Å². The summed E-state index contributed by atoms with van der Waals surface area (Å²) in [6, 6.07) is 2.87. The number of carbonyl (C=O) groups is 1. The molecule has 0 aromatic heterocycles. The molecule has 0 bridgehead atoms. The number of halogens is 1. The minimum absolute atomic E-state index is 0.0108. The molecule has 1 aromatic rings. The van der Waals surface area contributed by atoms with Crippen LogP contribution in [-0.4, -0.2) is 24.8 Å². The monoisotopic (exact) mass is 242 g/mol. The summed E-state index contributed by atoms with van der Waals surface area (Å²) < 4.78 is 23.3. The van der Waals surface area contributed by atoms with Gasteiger partial charge < -0.3 is 14.6 Å². The van der Waals surface area contributed by atoms with Gasteiger partial charge in [0.1, 0.15) is 0 Å². The molecule has 0 saturated heterocycles. The van der Waals surface area contributed by atoms with E-state index in [0.717, 1.165) is 0 Å². The molecule has 1 aromatic carbocycles. The highest BCUT2D eigenvalue weighted by Gasteiger charge is 2.24. The van der Waals surface area contributed by atoms with Crippen LogP contribution in [0.4, 0.5) is 4.39 Å². The van der Waals surface area contributed by atoms with E-state index in [-0.39, 0.29) is 17.9 Å². The zero-order chi connectivity index (χ0) is 13.0. The van der Waals surface area contributed by atoms with Gasteiger partial charge in [0.25, 0.3) is 0 Å². The number of methoxy groups -OCH3 is 1. The van der Waals surface area contributed by atoms with E-state index in [0.29, 0.717) is 5.56 Å². The lowest BCUT2D eigenvalue weighted by atomic mass is 10.1. The first-order valence-corrected chi connectivity index (χ1v) is 5.20. The summed E-state index contributed by atoms with van der Waals surface area (Å²) in [4.78, 5) is 11.3. The van der Waals surface area contributed by atoms with E-state index >= 15 is 0 Å². The zero-order valence-electron chi connectivity index (χ0n) is 9.99. The Morgan fingerprint density at radius 2 is 2.18 bits per heavy atom. The normalized spacial score (nSPS) is 12.1. The average molecular weight is 242 g/mol. The highest BCUT2D eigenvalue weighted by molar-refractivity contribution is 5.76. The number of hydrogen-bond acceptors (Lipinski definition) is 4. The summed E-state index contributed by atoms with van der Waals surface area (Å²) in [6.07, 6.45) is -1.64. The van der Waals surface area contributed by atoms with Gasteiger partial charge in [0.15, 0.2) is 17.7 Å². The first-order valence-electron chi connectivity index (χ1n) is 5.20. The van der Waals surface area contributed by atoms with Crippen LogP contribution >= 0.6 is 0 Å². The van der Waals surface area contributed by atoms with Gasteiger partial charge in [-0.05, 0) is 31.5 Å². The number of esters is 1. The summed E-state index contributed by atoms with van der Waals surface area (Å²) in [5.74, 6) is -1.64. The Balaban J connectivity index is 3.12. The summed E-state index contributed by atoms with van der Waals surface area (Å²) in [5.41, 5.74) is 0.543. The molecule has 1 rings (SSSR count). The second-order valence-corrected chi connectivity index (χ2v) is 3.52. The Labute approximate surface area is 99.0 Å². The van der Waals surface area contributed by atoms with E-state index in [1.807, 2.05) is 0 Å². The van der Waals surface area contributed by atoms with Crippen molar-refractivity contribution in [2.75, 3.05) is 13.7 Å². The van der Waals surface area contributed by atoms with Crippen LogP contribution in [-0.2, 0) is 9.53 Å². The Bertz CT molecular complexity index is 417. The number of aryl methyl sites for hydroxylation is 1. The molecule has 5 heteroatoms. The number of ether oxygens (including phenoxy) is 2. The minimum Gasteiger partial charge on any atom is -0.494 e. The van der Waals surface area contributed by atoms with Crippen LogP contribution < -0.4 is 4.74 Å². The fourth-order valence-corrected chi connectivity index (χ4v) is 1.46. The molecule has 1 unspecified atom stereocenters. The molecule has 0 aliphatic heterocycles. The third kappa shape index (κ3) is 2.94. The molecule has 0 aliphatic carbocycles. The lowest BCUT2D eigenvalue weighted by Crippen LogP contribution is -2.17. The van der Waals surface area contributed by atoms with E-state index in [9.17, 15) is 14.3 Å². The Morgan fingerprint density at radius 1 is 1.53 bits per heavy atom. The smallest absolute Gasteiger partial charge is 0.339 e. The van der Waals surface area contributed by atoms with E-state index in [1.54, 1.807) is 13.8 Å². The molecule has 0 heterocycles. The number of benzene rings is 1. The summed E-state index contributed by atoms with van der Waals surface area (Å²) in [7, 11) is 1.32. The first kappa shape index (κ1) is 13.4. The van der Waals surface area contributed by atoms with E-state index in [1.165, 1.54) is 19.2 Å². The van der Waals surface area contributed by atoms with Gasteiger partial charge in [-0.25, -0.2) is 9.18 Å².